The molecular formula is C23H29N3O3. The second-order valence-electron chi connectivity index (χ2n) is 7.77. The van der Waals surface area contributed by atoms with E-state index in [4.69, 9.17) is 5.11 Å². The third-order valence-electron chi connectivity index (χ3n) is 5.48. The Labute approximate surface area is 171 Å². The fourth-order valence-electron chi connectivity index (χ4n) is 3.53. The van der Waals surface area contributed by atoms with Crippen LogP contribution in [0, 0.1) is 5.92 Å². The number of carbonyl (C=O) groups excluding carboxylic acids is 1. The summed E-state index contributed by atoms with van der Waals surface area (Å²) >= 11 is 0. The molecule has 29 heavy (non-hydrogen) atoms. The summed E-state index contributed by atoms with van der Waals surface area (Å²) in [7, 11) is 0. The van der Waals surface area contributed by atoms with Crippen LogP contribution in [-0.4, -0.2) is 35.1 Å². The molecule has 1 saturated heterocycles. The van der Waals surface area contributed by atoms with E-state index in [2.05, 4.69) is 34.6 Å². The van der Waals surface area contributed by atoms with Gasteiger partial charge in [-0.3, -0.25) is 4.90 Å². The van der Waals surface area contributed by atoms with Gasteiger partial charge in [0.2, 0.25) is 0 Å². The Bertz CT molecular complexity index is 828. The molecule has 3 N–H and O–H groups in total. The maximum atomic E-state index is 12.2. The highest BCUT2D eigenvalue weighted by Crippen LogP contribution is 2.19. The molecule has 2 aromatic rings. The van der Waals surface area contributed by atoms with Crippen molar-refractivity contribution >= 4 is 12.0 Å². The zero-order valence-corrected chi connectivity index (χ0v) is 16.9. The molecule has 0 aliphatic carbocycles. The fourth-order valence-corrected chi connectivity index (χ4v) is 3.53. The van der Waals surface area contributed by atoms with Gasteiger partial charge in [0.15, 0.2) is 0 Å². The normalized spacial score (nSPS) is 15.1. The zero-order chi connectivity index (χ0) is 20.6. The third kappa shape index (κ3) is 6.32. The first-order valence-corrected chi connectivity index (χ1v) is 10.1. The van der Waals surface area contributed by atoms with Crippen molar-refractivity contribution in [1.82, 2.24) is 15.5 Å². The summed E-state index contributed by atoms with van der Waals surface area (Å²) < 4.78 is 0. The van der Waals surface area contributed by atoms with Crippen LogP contribution in [0.2, 0.25) is 0 Å². The van der Waals surface area contributed by atoms with E-state index in [1.54, 1.807) is 12.1 Å². The van der Waals surface area contributed by atoms with Crippen molar-refractivity contribution in [2.75, 3.05) is 13.1 Å². The van der Waals surface area contributed by atoms with Crippen LogP contribution in [0.15, 0.2) is 48.5 Å². The van der Waals surface area contributed by atoms with Crippen LogP contribution in [0.3, 0.4) is 0 Å². The van der Waals surface area contributed by atoms with E-state index in [0.29, 0.717) is 13.1 Å². The van der Waals surface area contributed by atoms with Gasteiger partial charge in [0, 0.05) is 19.6 Å². The number of aromatic carboxylic acids is 1. The lowest BCUT2D eigenvalue weighted by molar-refractivity contribution is 0.0697. The molecule has 1 heterocycles. The molecule has 2 aromatic carbocycles. The lowest BCUT2D eigenvalue weighted by Crippen LogP contribution is -2.35. The predicted molar refractivity (Wildman–Crippen MR) is 113 cm³/mol. The van der Waals surface area contributed by atoms with Gasteiger partial charge in [0.05, 0.1) is 5.56 Å². The zero-order valence-electron chi connectivity index (χ0n) is 16.9. The van der Waals surface area contributed by atoms with Crippen LogP contribution < -0.4 is 10.6 Å². The summed E-state index contributed by atoms with van der Waals surface area (Å²) in [5.74, 6) is -0.146. The second-order valence-corrected chi connectivity index (χ2v) is 7.77. The molecule has 3 rings (SSSR count). The molecule has 1 fully saturated rings. The number of benzene rings is 2. The Morgan fingerprint density at radius 3 is 2.24 bits per heavy atom. The molecule has 0 bridgehead atoms. The smallest absolute Gasteiger partial charge is 0.335 e. The number of amides is 2. The van der Waals surface area contributed by atoms with E-state index < -0.39 is 5.97 Å². The van der Waals surface area contributed by atoms with Gasteiger partial charge in [-0.15, -0.1) is 0 Å². The van der Waals surface area contributed by atoms with E-state index in [-0.39, 0.29) is 11.6 Å². The predicted octanol–water partition coefficient (Wildman–Crippen LogP) is 3.62. The van der Waals surface area contributed by atoms with Crippen molar-refractivity contribution in [1.29, 1.82) is 0 Å². The first-order chi connectivity index (χ1) is 14.0. The van der Waals surface area contributed by atoms with Gasteiger partial charge in [0.25, 0.3) is 0 Å². The number of nitrogens with zero attached hydrogens (tertiary/aromatic N) is 1. The Balaban J connectivity index is 1.48. The minimum atomic E-state index is -0.958. The molecule has 0 radical (unpaired) electrons. The van der Waals surface area contributed by atoms with Crippen molar-refractivity contribution in [2.24, 2.45) is 5.92 Å². The first-order valence-electron chi connectivity index (χ1n) is 10.1. The van der Waals surface area contributed by atoms with E-state index in [0.717, 1.165) is 36.7 Å². The van der Waals surface area contributed by atoms with E-state index in [9.17, 15) is 9.59 Å². The van der Waals surface area contributed by atoms with Gasteiger partial charge >= 0.3 is 12.0 Å². The van der Waals surface area contributed by atoms with Crippen LogP contribution in [0.4, 0.5) is 4.79 Å². The Hall–Kier alpha value is -2.86. The highest BCUT2D eigenvalue weighted by Gasteiger charge is 2.16. The van der Waals surface area contributed by atoms with Crippen LogP contribution in [0.1, 0.15) is 46.8 Å². The quantitative estimate of drug-likeness (QED) is 0.669. The van der Waals surface area contributed by atoms with Crippen molar-refractivity contribution in [3.05, 3.63) is 70.8 Å². The summed E-state index contributed by atoms with van der Waals surface area (Å²) in [6, 6.07) is 14.5. The molecule has 1 aliphatic heterocycles. The summed E-state index contributed by atoms with van der Waals surface area (Å²) in [6.07, 6.45) is 2.49. The number of carboxylic acid groups (broad SMARTS) is 1. The Morgan fingerprint density at radius 2 is 1.59 bits per heavy atom. The van der Waals surface area contributed by atoms with Crippen molar-refractivity contribution in [3.63, 3.8) is 0 Å². The number of rotatable bonds is 7. The lowest BCUT2D eigenvalue weighted by atomic mass is 9.98. The van der Waals surface area contributed by atoms with E-state index in [1.807, 2.05) is 12.1 Å². The average molecular weight is 396 g/mol. The number of urea groups is 1. The number of carbonyl (C=O) groups is 2. The fraction of sp³-hybridized carbons (Fsp3) is 0.391. The van der Waals surface area contributed by atoms with Crippen LogP contribution >= 0.6 is 0 Å². The Morgan fingerprint density at radius 1 is 0.966 bits per heavy atom. The maximum Gasteiger partial charge on any atom is 0.335 e. The number of hydrogen-bond donors (Lipinski definition) is 3. The lowest BCUT2D eigenvalue weighted by Gasteiger charge is -2.30. The summed E-state index contributed by atoms with van der Waals surface area (Å²) in [5, 5.41) is 14.7. The van der Waals surface area contributed by atoms with Gasteiger partial charge in [-0.1, -0.05) is 43.3 Å². The van der Waals surface area contributed by atoms with Crippen LogP contribution in [0.5, 0.6) is 0 Å². The van der Waals surface area contributed by atoms with Crippen molar-refractivity contribution < 1.29 is 14.7 Å². The molecule has 0 unspecified atom stereocenters. The highest BCUT2D eigenvalue weighted by molar-refractivity contribution is 5.87. The number of hydrogen-bond acceptors (Lipinski definition) is 3. The van der Waals surface area contributed by atoms with Gasteiger partial charge in [-0.25, -0.2) is 9.59 Å². The average Bonchev–Trinajstić information content (AvgIpc) is 2.73. The molecule has 154 valence electrons. The van der Waals surface area contributed by atoms with Gasteiger partial charge in [-0.05, 0) is 60.7 Å². The molecule has 1 aliphatic rings. The van der Waals surface area contributed by atoms with Gasteiger partial charge in [-0.2, -0.15) is 0 Å². The van der Waals surface area contributed by atoms with Crippen molar-refractivity contribution in [3.8, 4) is 0 Å². The SMILES string of the molecule is CC1CCN(Cc2ccccc2CNC(=O)NCc2ccc(C(=O)O)cc2)CC1. The minimum absolute atomic E-state index is 0.234. The molecule has 6 heteroatoms. The highest BCUT2D eigenvalue weighted by atomic mass is 16.4. The molecule has 6 nitrogen and oxygen atoms in total. The minimum Gasteiger partial charge on any atom is -0.478 e. The van der Waals surface area contributed by atoms with Crippen LogP contribution in [0.25, 0.3) is 0 Å². The number of carboxylic acids is 1. The van der Waals surface area contributed by atoms with Gasteiger partial charge in [0.1, 0.15) is 0 Å². The first kappa shape index (κ1) is 20.9. The largest absolute Gasteiger partial charge is 0.478 e. The summed E-state index contributed by atoms with van der Waals surface area (Å²) in [6.45, 7) is 6.31. The third-order valence-corrected chi connectivity index (χ3v) is 5.48. The molecule has 2 amide bonds. The monoisotopic (exact) mass is 395 g/mol. The number of piperidine rings is 1. The van der Waals surface area contributed by atoms with Crippen LogP contribution in [-0.2, 0) is 19.6 Å². The molecule has 0 spiro atoms. The van der Waals surface area contributed by atoms with Gasteiger partial charge < -0.3 is 15.7 Å². The second kappa shape index (κ2) is 10.1. The van der Waals surface area contributed by atoms with E-state index >= 15 is 0 Å². The topological polar surface area (TPSA) is 81.7 Å². The summed E-state index contributed by atoms with van der Waals surface area (Å²) in [5.41, 5.74) is 3.47. The number of nitrogens with one attached hydrogen (secondary N) is 2. The molecular weight excluding hydrogens is 366 g/mol. The molecule has 0 aromatic heterocycles. The molecule has 0 saturated carbocycles. The molecule has 0 atom stereocenters. The maximum absolute atomic E-state index is 12.2. The van der Waals surface area contributed by atoms with E-state index in [1.165, 1.54) is 30.5 Å². The van der Waals surface area contributed by atoms with Crippen molar-refractivity contribution in [2.45, 2.75) is 39.4 Å². The number of likely N-dealkylation sites (tertiary alicyclic amines) is 1. The Kier molecular flexibility index (Phi) is 7.25. The summed E-state index contributed by atoms with van der Waals surface area (Å²) in [4.78, 5) is 25.5. The standard InChI is InChI=1S/C23H29N3O3/c1-17-10-12-26(13-11-17)16-21-5-3-2-4-20(21)15-25-23(29)24-14-18-6-8-19(9-7-18)22(27)28/h2-9,17H,10-16H2,1H3,(H,27,28)(H2,24,25,29).